The number of rotatable bonds is 5. The largest absolute Gasteiger partial charge is 0.228 e. The molecule has 268 valence electrons. The van der Waals surface area contributed by atoms with Crippen LogP contribution in [0.4, 0.5) is 0 Å². The highest BCUT2D eigenvalue weighted by Crippen LogP contribution is 2.54. The molecule has 0 fully saturated rings. The van der Waals surface area contributed by atoms with Gasteiger partial charge in [-0.1, -0.05) is 184 Å². The molecule has 2 heteroatoms. The van der Waals surface area contributed by atoms with Crippen LogP contribution in [-0.2, 0) is 5.41 Å². The van der Waals surface area contributed by atoms with Gasteiger partial charge < -0.3 is 0 Å². The van der Waals surface area contributed by atoms with E-state index in [0.717, 1.165) is 44.6 Å². The smallest absolute Gasteiger partial charge is 0.160 e. The highest BCUT2D eigenvalue weighted by molar-refractivity contribution is 6.07. The van der Waals surface area contributed by atoms with Gasteiger partial charge in [0.05, 0.1) is 11.4 Å². The highest BCUT2D eigenvalue weighted by atomic mass is 14.9. The van der Waals surface area contributed by atoms with E-state index >= 15 is 0 Å². The van der Waals surface area contributed by atoms with E-state index < -0.39 is 0 Å². The Labute approximate surface area is 332 Å². The van der Waals surface area contributed by atoms with Gasteiger partial charge in [-0.3, -0.25) is 0 Å². The summed E-state index contributed by atoms with van der Waals surface area (Å²) >= 11 is 0. The second-order valence-corrected chi connectivity index (χ2v) is 15.7. The first kappa shape index (κ1) is 33.2. The summed E-state index contributed by atoms with van der Waals surface area (Å²) in [4.78, 5) is 10.6. The third kappa shape index (κ3) is 5.40. The molecule has 0 saturated heterocycles. The lowest BCUT2D eigenvalue weighted by Gasteiger charge is -2.25. The van der Waals surface area contributed by atoms with Crippen LogP contribution in [0.1, 0.15) is 25.0 Å². The van der Waals surface area contributed by atoms with Crippen molar-refractivity contribution in [3.05, 3.63) is 205 Å². The highest BCUT2D eigenvalue weighted by Gasteiger charge is 2.38. The van der Waals surface area contributed by atoms with Crippen LogP contribution < -0.4 is 0 Å². The van der Waals surface area contributed by atoms with Gasteiger partial charge in [-0.25, -0.2) is 9.97 Å². The van der Waals surface area contributed by atoms with Gasteiger partial charge in [-0.2, -0.15) is 0 Å². The quantitative estimate of drug-likeness (QED) is 0.176. The molecule has 11 rings (SSSR count). The zero-order valence-corrected chi connectivity index (χ0v) is 31.9. The zero-order valence-electron chi connectivity index (χ0n) is 31.9. The lowest BCUT2D eigenvalue weighted by Crippen LogP contribution is -2.16. The molecule has 1 heterocycles. The molecule has 1 aliphatic carbocycles. The summed E-state index contributed by atoms with van der Waals surface area (Å²) in [6.07, 6.45) is 0. The van der Waals surface area contributed by atoms with E-state index in [0.29, 0.717) is 5.82 Å². The Morgan fingerprint density at radius 2 is 0.877 bits per heavy atom. The van der Waals surface area contributed by atoms with E-state index in [4.69, 9.17) is 9.97 Å². The van der Waals surface area contributed by atoms with Gasteiger partial charge in [0.15, 0.2) is 5.82 Å². The van der Waals surface area contributed by atoms with E-state index in [1.807, 2.05) is 6.07 Å². The molecule has 0 atom stereocenters. The maximum Gasteiger partial charge on any atom is 0.160 e. The van der Waals surface area contributed by atoms with Gasteiger partial charge in [0.1, 0.15) is 0 Å². The second kappa shape index (κ2) is 13.0. The van der Waals surface area contributed by atoms with Crippen molar-refractivity contribution < 1.29 is 0 Å². The fourth-order valence-electron chi connectivity index (χ4n) is 9.30. The minimum atomic E-state index is -0.171. The summed E-state index contributed by atoms with van der Waals surface area (Å²) in [6.45, 7) is 4.77. The molecule has 10 aromatic rings. The van der Waals surface area contributed by atoms with Crippen LogP contribution in [0.15, 0.2) is 194 Å². The van der Waals surface area contributed by atoms with Crippen molar-refractivity contribution in [3.63, 3.8) is 0 Å². The van der Waals surface area contributed by atoms with Crippen LogP contribution in [0.2, 0.25) is 0 Å². The predicted molar refractivity (Wildman–Crippen MR) is 239 cm³/mol. The summed E-state index contributed by atoms with van der Waals surface area (Å²) in [7, 11) is 0. The fourth-order valence-corrected chi connectivity index (χ4v) is 9.30. The fraction of sp³-hybridized carbons (Fsp3) is 0.0545. The number of hydrogen-bond donors (Lipinski definition) is 0. The Bertz CT molecular complexity index is 3210. The van der Waals surface area contributed by atoms with Crippen molar-refractivity contribution in [2.24, 2.45) is 0 Å². The maximum atomic E-state index is 5.32. The lowest BCUT2D eigenvalue weighted by atomic mass is 9.78. The van der Waals surface area contributed by atoms with Crippen molar-refractivity contribution in [2.45, 2.75) is 19.3 Å². The first-order valence-electron chi connectivity index (χ1n) is 19.7. The Hall–Kier alpha value is -7.16. The van der Waals surface area contributed by atoms with Crippen LogP contribution in [0, 0.1) is 0 Å². The van der Waals surface area contributed by atoms with Gasteiger partial charge in [-0.15, -0.1) is 0 Å². The van der Waals surface area contributed by atoms with E-state index in [9.17, 15) is 0 Å². The monoisotopic (exact) mass is 726 g/mol. The summed E-state index contributed by atoms with van der Waals surface area (Å²) in [5, 5.41) is 7.38. The molecule has 0 saturated carbocycles. The Morgan fingerprint density at radius 1 is 0.333 bits per heavy atom. The molecule has 9 aromatic carbocycles. The molecule has 0 spiro atoms. The summed E-state index contributed by atoms with van der Waals surface area (Å²) < 4.78 is 0. The summed E-state index contributed by atoms with van der Waals surface area (Å²) in [5.74, 6) is 0.706. The second-order valence-electron chi connectivity index (χ2n) is 15.7. The lowest BCUT2D eigenvalue weighted by molar-refractivity contribution is 0.663. The molecule has 1 aliphatic rings. The van der Waals surface area contributed by atoms with Crippen molar-refractivity contribution >= 4 is 32.3 Å². The van der Waals surface area contributed by atoms with E-state index in [1.165, 1.54) is 60.3 Å². The van der Waals surface area contributed by atoms with Crippen LogP contribution in [0.5, 0.6) is 0 Å². The first-order chi connectivity index (χ1) is 28.0. The summed E-state index contributed by atoms with van der Waals surface area (Å²) in [6, 6.07) is 70.1. The molecule has 1 aromatic heterocycles. The third-order valence-electron chi connectivity index (χ3n) is 12.1. The number of benzene rings is 9. The number of aromatic nitrogens is 2. The average Bonchev–Trinajstić information content (AvgIpc) is 3.50. The number of nitrogens with zero attached hydrogens (tertiary/aromatic N) is 2. The minimum absolute atomic E-state index is 0.171. The van der Waals surface area contributed by atoms with Crippen molar-refractivity contribution in [2.75, 3.05) is 0 Å². The van der Waals surface area contributed by atoms with Gasteiger partial charge in [0.2, 0.25) is 0 Å². The molecule has 0 unspecified atom stereocenters. The topological polar surface area (TPSA) is 25.8 Å². The van der Waals surface area contributed by atoms with E-state index in [2.05, 4.69) is 202 Å². The van der Waals surface area contributed by atoms with Gasteiger partial charge in [-0.05, 0) is 101 Å². The van der Waals surface area contributed by atoms with Crippen LogP contribution in [0.25, 0.3) is 99.6 Å². The van der Waals surface area contributed by atoms with Gasteiger partial charge in [0.25, 0.3) is 0 Å². The number of fused-ring (bicyclic) bond motifs is 6. The summed E-state index contributed by atoms with van der Waals surface area (Å²) in [5.41, 5.74) is 15.0. The van der Waals surface area contributed by atoms with E-state index in [1.54, 1.807) is 0 Å². The minimum Gasteiger partial charge on any atom is -0.228 e. The Kier molecular flexibility index (Phi) is 7.55. The zero-order chi connectivity index (χ0) is 38.1. The predicted octanol–water partition coefficient (Wildman–Crippen LogP) is 14.6. The third-order valence-corrected chi connectivity index (χ3v) is 12.1. The SMILES string of the molecule is CC1(C)c2cc3ccccc3cc2-c2cccc(-c3ccc(-c4cc(-c5ccccc5-c5ccc6ccccc6c5)nc(-c5ccccc5)n4)c4ccccc34)c21. The molecule has 2 nitrogen and oxygen atoms in total. The molecule has 0 N–H and O–H groups in total. The molecule has 0 bridgehead atoms. The van der Waals surface area contributed by atoms with E-state index in [-0.39, 0.29) is 5.41 Å². The van der Waals surface area contributed by atoms with Crippen molar-refractivity contribution in [1.82, 2.24) is 9.97 Å². The Morgan fingerprint density at radius 3 is 1.63 bits per heavy atom. The van der Waals surface area contributed by atoms with Crippen LogP contribution >= 0.6 is 0 Å². The molecule has 0 amide bonds. The maximum absolute atomic E-state index is 5.32. The van der Waals surface area contributed by atoms with Gasteiger partial charge >= 0.3 is 0 Å². The average molecular weight is 727 g/mol. The first-order valence-corrected chi connectivity index (χ1v) is 19.7. The molecule has 0 radical (unpaired) electrons. The molecular formula is C55H38N2. The standard InChI is InChI=1S/C55H38N2/c1-55(2)50-33-39-20-9-8-19-38(39)32-49(50)48-26-14-25-47(53(48)55)44-29-30-46(43-23-12-11-22-42(43)44)52-34-51(56-54(57-52)36-16-4-3-5-17-36)45-24-13-10-21-41(45)40-28-27-35-15-6-7-18-37(35)31-40/h3-34H,1-2H3. The number of hydrogen-bond acceptors (Lipinski definition) is 2. The van der Waals surface area contributed by atoms with Crippen molar-refractivity contribution in [3.8, 4) is 67.3 Å². The molecule has 0 aliphatic heterocycles. The van der Waals surface area contributed by atoms with Crippen LogP contribution in [-0.4, -0.2) is 9.97 Å². The van der Waals surface area contributed by atoms with Gasteiger partial charge in [0, 0.05) is 22.1 Å². The molecule has 57 heavy (non-hydrogen) atoms. The normalized spacial score (nSPS) is 12.9. The van der Waals surface area contributed by atoms with Crippen molar-refractivity contribution in [1.29, 1.82) is 0 Å². The van der Waals surface area contributed by atoms with Crippen LogP contribution in [0.3, 0.4) is 0 Å². The Balaban J connectivity index is 1.10. The molecular weight excluding hydrogens is 689 g/mol.